The number of amides is 1. The minimum atomic E-state index is -1.02. The van der Waals surface area contributed by atoms with Gasteiger partial charge in [-0.15, -0.1) is 0 Å². The molecule has 6 heteroatoms. The number of carbonyl (C=O) groups is 3. The molecule has 0 rings (SSSR count). The smallest absolute Gasteiger partial charge is 0.322 e. The van der Waals surface area contributed by atoms with E-state index in [2.05, 4.69) is 67.8 Å². The summed E-state index contributed by atoms with van der Waals surface area (Å²) in [4.78, 5) is 34.8. The fourth-order valence-corrected chi connectivity index (χ4v) is 5.32. The van der Waals surface area contributed by atoms with E-state index in [9.17, 15) is 14.4 Å². The second kappa shape index (κ2) is 36.2. The quantitative estimate of drug-likeness (QED) is 0.0408. The van der Waals surface area contributed by atoms with Gasteiger partial charge in [-0.3, -0.25) is 14.4 Å². The third-order valence-corrected chi connectivity index (χ3v) is 8.21. The van der Waals surface area contributed by atoms with Gasteiger partial charge in [0.1, 0.15) is 12.6 Å². The van der Waals surface area contributed by atoms with Crippen LogP contribution in [-0.4, -0.2) is 35.6 Å². The van der Waals surface area contributed by atoms with Crippen molar-refractivity contribution in [3.63, 3.8) is 0 Å². The van der Waals surface area contributed by atoms with Gasteiger partial charge in [-0.2, -0.15) is 0 Å². The zero-order valence-corrected chi connectivity index (χ0v) is 30.4. The first-order chi connectivity index (χ1) is 23.0. The largest absolute Gasteiger partial charge is 0.480 e. The van der Waals surface area contributed by atoms with Gasteiger partial charge in [-0.1, -0.05) is 133 Å². The average molecular weight is 658 g/mol. The van der Waals surface area contributed by atoms with E-state index < -0.39 is 5.97 Å². The third-order valence-electron chi connectivity index (χ3n) is 8.21. The Morgan fingerprint density at radius 2 is 1.04 bits per heavy atom. The first kappa shape index (κ1) is 44.4. The van der Waals surface area contributed by atoms with Gasteiger partial charge < -0.3 is 15.2 Å². The summed E-state index contributed by atoms with van der Waals surface area (Å²) in [7, 11) is 0. The lowest BCUT2D eigenvalue weighted by Crippen LogP contribution is -2.28. The van der Waals surface area contributed by atoms with Crippen molar-refractivity contribution in [2.75, 3.05) is 6.54 Å². The second-order valence-electron chi connectivity index (χ2n) is 12.8. The zero-order chi connectivity index (χ0) is 34.5. The lowest BCUT2D eigenvalue weighted by atomic mass is 10.1. The van der Waals surface area contributed by atoms with Crippen LogP contribution in [0.1, 0.15) is 181 Å². The molecule has 6 nitrogen and oxygen atoms in total. The van der Waals surface area contributed by atoms with E-state index in [0.29, 0.717) is 12.8 Å². The highest BCUT2D eigenvalue weighted by Gasteiger charge is 2.11. The normalized spacial score (nSPS) is 12.6. The minimum absolute atomic E-state index is 0.0858. The third kappa shape index (κ3) is 36.1. The molecule has 0 saturated heterocycles. The van der Waals surface area contributed by atoms with E-state index in [1.54, 1.807) is 0 Å². The van der Waals surface area contributed by atoms with E-state index in [1.807, 2.05) is 0 Å². The summed E-state index contributed by atoms with van der Waals surface area (Å²) in [5.74, 6) is -1.31. The Bertz CT molecular complexity index is 860. The molecule has 0 aromatic heterocycles. The van der Waals surface area contributed by atoms with Crippen molar-refractivity contribution in [1.82, 2.24) is 5.32 Å². The molecular formula is C41H71NO5. The standard InChI is InChI=1S/C41H71NO5/c1-3-5-7-9-11-13-14-15-16-17-18-19-20-22-28-32-36-41(46)47-38(33-29-25-21-12-10-8-6-4-2)34-30-26-23-24-27-31-35-39(43)42-37-40(44)45/h12-14,16-17,21,29,33,38H,3-11,15,18-20,22-28,30-32,34-37H2,1-2H3,(H,42,43)(H,44,45)/b14-13-,17-16-,21-12-,33-29-. The maximum atomic E-state index is 12.6. The molecule has 0 aromatic rings. The molecule has 0 radical (unpaired) electrons. The number of carbonyl (C=O) groups excluding carboxylic acids is 2. The van der Waals surface area contributed by atoms with Gasteiger partial charge in [0, 0.05) is 12.8 Å². The second-order valence-corrected chi connectivity index (χ2v) is 12.8. The highest BCUT2D eigenvalue weighted by atomic mass is 16.5. The summed E-state index contributed by atoms with van der Waals surface area (Å²) >= 11 is 0. The highest BCUT2D eigenvalue weighted by Crippen LogP contribution is 2.15. The number of esters is 1. The Morgan fingerprint density at radius 1 is 0.574 bits per heavy atom. The molecule has 0 fully saturated rings. The lowest BCUT2D eigenvalue weighted by molar-refractivity contribution is -0.147. The van der Waals surface area contributed by atoms with Gasteiger partial charge in [0.25, 0.3) is 0 Å². The van der Waals surface area contributed by atoms with Crippen molar-refractivity contribution in [3.05, 3.63) is 48.6 Å². The number of hydrogen-bond acceptors (Lipinski definition) is 4. The highest BCUT2D eigenvalue weighted by molar-refractivity contribution is 5.80. The molecule has 0 aliphatic carbocycles. The first-order valence-electron chi connectivity index (χ1n) is 19.3. The molecule has 0 aromatic carbocycles. The monoisotopic (exact) mass is 658 g/mol. The molecule has 1 amide bonds. The van der Waals surface area contributed by atoms with Crippen LogP contribution in [-0.2, 0) is 19.1 Å². The van der Waals surface area contributed by atoms with Crippen LogP contribution in [0, 0.1) is 0 Å². The number of ether oxygens (including phenoxy) is 1. The molecule has 0 bridgehead atoms. The van der Waals surface area contributed by atoms with Crippen LogP contribution in [0.25, 0.3) is 0 Å². The molecule has 47 heavy (non-hydrogen) atoms. The number of allylic oxidation sites excluding steroid dienone is 7. The van der Waals surface area contributed by atoms with Crippen molar-refractivity contribution in [1.29, 1.82) is 0 Å². The van der Waals surface area contributed by atoms with Crippen LogP contribution in [0.4, 0.5) is 0 Å². The molecule has 2 N–H and O–H groups in total. The number of hydrogen-bond donors (Lipinski definition) is 2. The Kier molecular flexibility index (Phi) is 34.2. The molecule has 0 aliphatic heterocycles. The predicted octanol–water partition coefficient (Wildman–Crippen LogP) is 11.5. The fourth-order valence-electron chi connectivity index (χ4n) is 5.32. The number of unbranched alkanes of at least 4 members (excludes halogenated alkanes) is 17. The van der Waals surface area contributed by atoms with Crippen molar-refractivity contribution >= 4 is 17.8 Å². The van der Waals surface area contributed by atoms with E-state index in [4.69, 9.17) is 9.84 Å². The Morgan fingerprint density at radius 3 is 1.64 bits per heavy atom. The predicted molar refractivity (Wildman–Crippen MR) is 198 cm³/mol. The number of carboxylic acid groups (broad SMARTS) is 1. The van der Waals surface area contributed by atoms with Gasteiger partial charge in [0.05, 0.1) is 0 Å². The molecule has 0 spiro atoms. The number of carboxylic acids is 1. The molecular weight excluding hydrogens is 586 g/mol. The SMILES string of the molecule is CCCCC/C=C\C/C=C\C(CCCCCCCCC(=O)NCC(=O)O)OC(=O)CCCCCCC/C=C\C/C=C\CCCCCC. The molecule has 270 valence electrons. The number of aliphatic carboxylic acids is 1. The maximum Gasteiger partial charge on any atom is 0.322 e. The molecule has 1 unspecified atom stereocenters. The summed E-state index contributed by atoms with van der Waals surface area (Å²) in [6, 6.07) is 0. The zero-order valence-electron chi connectivity index (χ0n) is 30.4. The van der Waals surface area contributed by atoms with Gasteiger partial charge >= 0.3 is 11.9 Å². The molecule has 0 aliphatic rings. The van der Waals surface area contributed by atoms with E-state index in [-0.39, 0.29) is 24.5 Å². The van der Waals surface area contributed by atoms with E-state index in [1.165, 1.54) is 70.6 Å². The summed E-state index contributed by atoms with van der Waals surface area (Å²) in [5.41, 5.74) is 0. The molecule has 1 atom stereocenters. The van der Waals surface area contributed by atoms with Crippen LogP contribution in [0.5, 0.6) is 0 Å². The van der Waals surface area contributed by atoms with Crippen LogP contribution in [0.15, 0.2) is 48.6 Å². The molecule has 0 heterocycles. The molecule has 0 saturated carbocycles. The van der Waals surface area contributed by atoms with E-state index >= 15 is 0 Å². The van der Waals surface area contributed by atoms with Gasteiger partial charge in [-0.25, -0.2) is 0 Å². The van der Waals surface area contributed by atoms with Crippen molar-refractivity contribution in [2.24, 2.45) is 0 Å². The fraction of sp³-hybridized carbons (Fsp3) is 0.732. The first-order valence-corrected chi connectivity index (χ1v) is 19.3. The summed E-state index contributed by atoms with van der Waals surface area (Å²) in [6.07, 6.45) is 45.3. The maximum absolute atomic E-state index is 12.6. The van der Waals surface area contributed by atoms with Crippen LogP contribution < -0.4 is 5.32 Å². The van der Waals surface area contributed by atoms with Crippen molar-refractivity contribution < 1.29 is 24.2 Å². The average Bonchev–Trinajstić information content (AvgIpc) is 3.05. The summed E-state index contributed by atoms with van der Waals surface area (Å²) in [6.45, 7) is 4.16. The van der Waals surface area contributed by atoms with Gasteiger partial charge in [-0.05, 0) is 83.1 Å². The number of rotatable bonds is 34. The topological polar surface area (TPSA) is 92.7 Å². The van der Waals surface area contributed by atoms with Crippen LogP contribution in [0.2, 0.25) is 0 Å². The van der Waals surface area contributed by atoms with Gasteiger partial charge in [0.2, 0.25) is 5.91 Å². The Hall–Kier alpha value is -2.63. The summed E-state index contributed by atoms with van der Waals surface area (Å²) in [5, 5.41) is 11.0. The van der Waals surface area contributed by atoms with Gasteiger partial charge in [0.15, 0.2) is 0 Å². The van der Waals surface area contributed by atoms with E-state index in [0.717, 1.165) is 83.5 Å². The van der Waals surface area contributed by atoms with Crippen LogP contribution >= 0.6 is 0 Å². The van der Waals surface area contributed by atoms with Crippen molar-refractivity contribution in [3.8, 4) is 0 Å². The Balaban J connectivity index is 4.20. The van der Waals surface area contributed by atoms with Crippen molar-refractivity contribution in [2.45, 2.75) is 187 Å². The van der Waals surface area contributed by atoms with Crippen LogP contribution in [0.3, 0.4) is 0 Å². The lowest BCUT2D eigenvalue weighted by Gasteiger charge is -2.14. The Labute approximate surface area is 289 Å². The number of nitrogens with one attached hydrogen (secondary N) is 1. The summed E-state index contributed by atoms with van der Waals surface area (Å²) < 4.78 is 5.89. The minimum Gasteiger partial charge on any atom is -0.480 e.